The van der Waals surface area contributed by atoms with Gasteiger partial charge >= 0.3 is 0 Å². The first-order valence-corrected chi connectivity index (χ1v) is 10.5. The van der Waals surface area contributed by atoms with Crippen molar-refractivity contribution in [1.82, 2.24) is 0 Å². The number of nitrogens with zero attached hydrogens (tertiary/aromatic N) is 1. The Balaban J connectivity index is 1.79. The molecule has 0 heterocycles. The zero-order valence-corrected chi connectivity index (χ0v) is 17.0. The maximum Gasteiger partial charge on any atom is 0.264 e. The smallest absolute Gasteiger partial charge is 0.264 e. The van der Waals surface area contributed by atoms with Gasteiger partial charge in [-0.2, -0.15) is 0 Å². The van der Waals surface area contributed by atoms with E-state index in [1.54, 1.807) is 66.7 Å². The van der Waals surface area contributed by atoms with Crippen molar-refractivity contribution in [2.24, 2.45) is 0 Å². The van der Waals surface area contributed by atoms with Crippen molar-refractivity contribution in [3.8, 4) is 5.75 Å². The summed E-state index contributed by atoms with van der Waals surface area (Å²) in [5, 5.41) is 2.80. The van der Waals surface area contributed by atoms with Gasteiger partial charge in [0.05, 0.1) is 17.2 Å². The Hall–Kier alpha value is -3.32. The maximum absolute atomic E-state index is 12.8. The van der Waals surface area contributed by atoms with Gasteiger partial charge in [0.2, 0.25) is 0 Å². The number of anilines is 2. The van der Waals surface area contributed by atoms with Crippen LogP contribution >= 0.6 is 0 Å². The van der Waals surface area contributed by atoms with Crippen molar-refractivity contribution in [2.45, 2.75) is 11.8 Å². The second-order valence-corrected chi connectivity index (χ2v) is 8.22. The van der Waals surface area contributed by atoms with Crippen molar-refractivity contribution >= 4 is 27.3 Å². The number of nitrogens with one attached hydrogen (secondary N) is 1. The summed E-state index contributed by atoms with van der Waals surface area (Å²) in [4.78, 5) is 12.8. The van der Waals surface area contributed by atoms with Crippen LogP contribution in [0.15, 0.2) is 83.8 Å². The molecule has 0 atom stereocenters. The monoisotopic (exact) mass is 410 g/mol. The van der Waals surface area contributed by atoms with Crippen LogP contribution in [0.4, 0.5) is 11.4 Å². The Morgan fingerprint density at radius 1 is 0.966 bits per heavy atom. The average Bonchev–Trinajstić information content (AvgIpc) is 2.75. The Kier molecular flexibility index (Phi) is 6.19. The van der Waals surface area contributed by atoms with Gasteiger partial charge in [0.1, 0.15) is 5.75 Å². The highest BCUT2D eigenvalue weighted by atomic mass is 32.2. The van der Waals surface area contributed by atoms with Crippen LogP contribution in [0.25, 0.3) is 0 Å². The Labute approximate surface area is 170 Å². The van der Waals surface area contributed by atoms with Gasteiger partial charge in [-0.25, -0.2) is 8.42 Å². The predicted molar refractivity (Wildman–Crippen MR) is 114 cm³/mol. The number of benzene rings is 3. The number of amides is 1. The van der Waals surface area contributed by atoms with E-state index in [1.807, 2.05) is 6.92 Å². The van der Waals surface area contributed by atoms with E-state index < -0.39 is 10.0 Å². The molecule has 0 fully saturated rings. The molecule has 150 valence electrons. The number of carbonyl (C=O) groups excluding carboxylic acids is 1. The largest absolute Gasteiger partial charge is 0.494 e. The van der Waals surface area contributed by atoms with E-state index in [4.69, 9.17) is 4.74 Å². The van der Waals surface area contributed by atoms with Crippen molar-refractivity contribution in [1.29, 1.82) is 0 Å². The molecule has 0 aromatic heterocycles. The van der Waals surface area contributed by atoms with Crippen molar-refractivity contribution in [3.63, 3.8) is 0 Å². The van der Waals surface area contributed by atoms with Crippen LogP contribution in [0.1, 0.15) is 17.3 Å². The van der Waals surface area contributed by atoms with E-state index in [9.17, 15) is 13.2 Å². The van der Waals surface area contributed by atoms with Gasteiger partial charge in [-0.05, 0) is 61.5 Å². The minimum absolute atomic E-state index is 0.187. The van der Waals surface area contributed by atoms with Crippen LogP contribution in [-0.2, 0) is 10.0 Å². The third-order valence-corrected chi connectivity index (χ3v) is 6.10. The lowest BCUT2D eigenvalue weighted by Crippen LogP contribution is -2.26. The average molecular weight is 410 g/mol. The normalized spacial score (nSPS) is 11.0. The highest BCUT2D eigenvalue weighted by Crippen LogP contribution is 2.23. The summed E-state index contributed by atoms with van der Waals surface area (Å²) in [5.74, 6) is 0.391. The van der Waals surface area contributed by atoms with Gasteiger partial charge < -0.3 is 10.1 Å². The molecule has 0 aliphatic carbocycles. The van der Waals surface area contributed by atoms with E-state index in [1.165, 1.54) is 19.2 Å². The first-order valence-electron chi connectivity index (χ1n) is 9.10. The molecule has 3 aromatic carbocycles. The number of rotatable bonds is 7. The molecular formula is C22H22N2O4S. The predicted octanol–water partition coefficient (Wildman–Crippen LogP) is 4.16. The fourth-order valence-corrected chi connectivity index (χ4v) is 3.95. The van der Waals surface area contributed by atoms with Gasteiger partial charge in [0.15, 0.2) is 0 Å². The van der Waals surface area contributed by atoms with Gasteiger partial charge in [-0.15, -0.1) is 0 Å². The molecular weight excluding hydrogens is 388 g/mol. The standard InChI is InChI=1S/C22H22N2O4S/c1-3-28-20-14-12-18(13-15-20)23-22(25)17-8-7-9-19(16-17)24(2)29(26,27)21-10-5-4-6-11-21/h4-16H,3H2,1-2H3,(H,23,25). The summed E-state index contributed by atoms with van der Waals surface area (Å²) in [6.45, 7) is 2.47. The van der Waals surface area contributed by atoms with E-state index in [-0.39, 0.29) is 10.8 Å². The zero-order chi connectivity index (χ0) is 20.9. The molecule has 0 bridgehead atoms. The number of hydrogen-bond acceptors (Lipinski definition) is 4. The van der Waals surface area contributed by atoms with Gasteiger partial charge in [-0.1, -0.05) is 24.3 Å². The summed E-state index contributed by atoms with van der Waals surface area (Å²) >= 11 is 0. The highest BCUT2D eigenvalue weighted by molar-refractivity contribution is 7.92. The second kappa shape index (κ2) is 8.79. The first-order chi connectivity index (χ1) is 13.9. The lowest BCUT2D eigenvalue weighted by atomic mass is 10.2. The fourth-order valence-electron chi connectivity index (χ4n) is 2.74. The molecule has 0 spiro atoms. The van der Waals surface area contributed by atoms with Crippen molar-refractivity contribution in [3.05, 3.63) is 84.4 Å². The summed E-state index contributed by atoms with van der Waals surface area (Å²) in [6.07, 6.45) is 0. The lowest BCUT2D eigenvalue weighted by Gasteiger charge is -2.20. The van der Waals surface area contributed by atoms with Gasteiger partial charge in [0, 0.05) is 18.3 Å². The number of carbonyl (C=O) groups is 1. The van der Waals surface area contributed by atoms with Crippen LogP contribution < -0.4 is 14.4 Å². The molecule has 0 unspecified atom stereocenters. The molecule has 1 amide bonds. The summed E-state index contributed by atoms with van der Waals surface area (Å²) in [5.41, 5.74) is 1.37. The van der Waals surface area contributed by atoms with Crippen LogP contribution in [0.5, 0.6) is 5.75 Å². The minimum atomic E-state index is -3.72. The van der Waals surface area contributed by atoms with Crippen LogP contribution in [0.2, 0.25) is 0 Å². The first kappa shape index (κ1) is 20.4. The lowest BCUT2D eigenvalue weighted by molar-refractivity contribution is 0.102. The molecule has 0 radical (unpaired) electrons. The SMILES string of the molecule is CCOc1ccc(NC(=O)c2cccc(N(C)S(=O)(=O)c3ccccc3)c2)cc1. The Morgan fingerprint density at radius 3 is 2.31 bits per heavy atom. The molecule has 0 aliphatic heterocycles. The number of sulfonamides is 1. The maximum atomic E-state index is 12.8. The molecule has 29 heavy (non-hydrogen) atoms. The molecule has 7 heteroatoms. The Bertz CT molecular complexity index is 1080. The van der Waals surface area contributed by atoms with Crippen molar-refractivity contribution < 1.29 is 17.9 Å². The molecule has 1 N–H and O–H groups in total. The summed E-state index contributed by atoms with van der Waals surface area (Å²) in [6, 6.07) is 21.7. The molecule has 3 rings (SSSR count). The topological polar surface area (TPSA) is 75.7 Å². The van der Waals surface area contributed by atoms with Crippen LogP contribution in [0, 0.1) is 0 Å². The van der Waals surface area contributed by atoms with Gasteiger partial charge in [-0.3, -0.25) is 9.10 Å². The Morgan fingerprint density at radius 2 is 1.66 bits per heavy atom. The van der Waals surface area contributed by atoms with Gasteiger partial charge in [0.25, 0.3) is 15.9 Å². The van der Waals surface area contributed by atoms with E-state index in [0.29, 0.717) is 23.5 Å². The third-order valence-electron chi connectivity index (χ3n) is 4.30. The molecule has 6 nitrogen and oxygen atoms in total. The molecule has 0 aliphatic rings. The summed E-state index contributed by atoms with van der Waals surface area (Å²) < 4.78 is 32.2. The third kappa shape index (κ3) is 4.75. The van der Waals surface area contributed by atoms with E-state index >= 15 is 0 Å². The second-order valence-electron chi connectivity index (χ2n) is 6.25. The quantitative estimate of drug-likeness (QED) is 0.635. The van der Waals surface area contributed by atoms with Crippen LogP contribution in [-0.4, -0.2) is 28.0 Å². The minimum Gasteiger partial charge on any atom is -0.494 e. The van der Waals surface area contributed by atoms with Crippen LogP contribution in [0.3, 0.4) is 0 Å². The zero-order valence-electron chi connectivity index (χ0n) is 16.2. The molecule has 3 aromatic rings. The van der Waals surface area contributed by atoms with E-state index in [0.717, 1.165) is 10.1 Å². The fraction of sp³-hybridized carbons (Fsp3) is 0.136. The summed E-state index contributed by atoms with van der Waals surface area (Å²) in [7, 11) is -2.25. The molecule has 0 saturated heterocycles. The van der Waals surface area contributed by atoms with E-state index in [2.05, 4.69) is 5.32 Å². The number of hydrogen-bond donors (Lipinski definition) is 1. The molecule has 0 saturated carbocycles. The number of ether oxygens (including phenoxy) is 1. The highest BCUT2D eigenvalue weighted by Gasteiger charge is 2.21. The van der Waals surface area contributed by atoms with Crippen molar-refractivity contribution in [2.75, 3.05) is 23.3 Å².